The lowest BCUT2D eigenvalue weighted by Gasteiger charge is -2.01. The van der Waals surface area contributed by atoms with Crippen LogP contribution in [0.4, 0.5) is 0 Å². The molecule has 2 N–H and O–H groups in total. The second kappa shape index (κ2) is 4.39. The molecule has 0 aromatic carbocycles. The molecule has 48 valence electrons. The van der Waals surface area contributed by atoms with Gasteiger partial charge in [-0.2, -0.15) is 5.10 Å². The normalized spacial score (nSPS) is 14.6. The topological polar surface area (TPSA) is 39.7 Å². The number of nitrogens with zero attached hydrogens (tertiary/aromatic N) is 2. The van der Waals surface area contributed by atoms with Crippen LogP contribution in [0.5, 0.6) is 0 Å². The predicted molar refractivity (Wildman–Crippen MR) is 33.9 cm³/mol. The number of hydrazone groups is 1. The minimum absolute atomic E-state index is 1.64. The number of nitrogens with one attached hydrogen (secondary N) is 2. The zero-order valence-electron chi connectivity index (χ0n) is 5.47. The van der Waals surface area contributed by atoms with E-state index in [9.17, 15) is 0 Å². The van der Waals surface area contributed by atoms with E-state index in [-0.39, 0.29) is 0 Å². The van der Waals surface area contributed by atoms with Gasteiger partial charge in [-0.25, -0.2) is 5.53 Å². The second-order valence-corrected chi connectivity index (χ2v) is 1.08. The van der Waals surface area contributed by atoms with Crippen LogP contribution < -0.4 is 11.1 Å². The van der Waals surface area contributed by atoms with Crippen LogP contribution in [0.1, 0.15) is 13.8 Å². The van der Waals surface area contributed by atoms with Crippen molar-refractivity contribution in [1.82, 2.24) is 16.1 Å². The van der Waals surface area contributed by atoms with Gasteiger partial charge in [0, 0.05) is 7.05 Å². The fraction of sp³-hybridized carbons (Fsp3) is 0.750. The van der Waals surface area contributed by atoms with E-state index in [0.29, 0.717) is 0 Å². The van der Waals surface area contributed by atoms with E-state index < -0.39 is 0 Å². The van der Waals surface area contributed by atoms with Crippen molar-refractivity contribution in [1.29, 1.82) is 0 Å². The lowest BCUT2D eigenvalue weighted by molar-refractivity contribution is 0.354. The summed E-state index contributed by atoms with van der Waals surface area (Å²) in [5.41, 5.74) is 5.20. The third-order valence-electron chi connectivity index (χ3n) is 0.522. The van der Waals surface area contributed by atoms with Crippen LogP contribution in [0.3, 0.4) is 0 Å². The van der Waals surface area contributed by atoms with E-state index in [0.717, 1.165) is 0 Å². The van der Waals surface area contributed by atoms with Crippen LogP contribution in [0.25, 0.3) is 0 Å². The molecule has 0 spiro atoms. The molecule has 1 aliphatic heterocycles. The highest BCUT2D eigenvalue weighted by atomic mass is 15.8. The summed E-state index contributed by atoms with van der Waals surface area (Å²) in [6.07, 6.45) is 1.64. The minimum atomic E-state index is 1.64. The standard InChI is InChI=1S/C2H6N4.C2H6/c1-6-2-3-4-5-6;1-2/h2,4-5H,1H3;1-2H3. The monoisotopic (exact) mass is 116 g/mol. The Morgan fingerprint density at radius 3 is 2.25 bits per heavy atom. The van der Waals surface area contributed by atoms with Crippen molar-refractivity contribution in [2.45, 2.75) is 13.8 Å². The number of rotatable bonds is 0. The van der Waals surface area contributed by atoms with E-state index >= 15 is 0 Å². The zero-order valence-corrected chi connectivity index (χ0v) is 5.47. The summed E-state index contributed by atoms with van der Waals surface area (Å²) in [6, 6.07) is 0. The molecule has 4 heteroatoms. The summed E-state index contributed by atoms with van der Waals surface area (Å²) in [7, 11) is 1.85. The molecule has 0 saturated carbocycles. The number of hydrogen-bond acceptors (Lipinski definition) is 4. The Balaban J connectivity index is 0.000000222. The smallest absolute Gasteiger partial charge is 0.128 e. The van der Waals surface area contributed by atoms with Crippen molar-refractivity contribution in [3.8, 4) is 0 Å². The second-order valence-electron chi connectivity index (χ2n) is 1.08. The van der Waals surface area contributed by atoms with Gasteiger partial charge in [0.15, 0.2) is 0 Å². The molecule has 1 heterocycles. The number of hydrogen-bond donors (Lipinski definition) is 2. The van der Waals surface area contributed by atoms with Crippen LogP contribution >= 0.6 is 0 Å². The molecule has 0 fully saturated rings. The first kappa shape index (κ1) is 7.23. The summed E-state index contributed by atoms with van der Waals surface area (Å²) in [5, 5.41) is 5.31. The van der Waals surface area contributed by atoms with Crippen molar-refractivity contribution in [2.75, 3.05) is 7.05 Å². The molecule has 0 saturated heterocycles. The largest absolute Gasteiger partial charge is 0.281 e. The highest BCUT2D eigenvalue weighted by Gasteiger charge is 1.90. The molecule has 0 unspecified atom stereocenters. The van der Waals surface area contributed by atoms with Crippen molar-refractivity contribution < 1.29 is 0 Å². The summed E-state index contributed by atoms with van der Waals surface area (Å²) in [6.45, 7) is 4.00. The third kappa shape index (κ3) is 2.41. The van der Waals surface area contributed by atoms with Crippen LogP contribution in [0, 0.1) is 0 Å². The maximum absolute atomic E-state index is 3.60. The van der Waals surface area contributed by atoms with Gasteiger partial charge in [0.2, 0.25) is 0 Å². The molecular formula is C4H12N4. The summed E-state index contributed by atoms with van der Waals surface area (Å²) in [4.78, 5) is 0. The lowest BCUT2D eigenvalue weighted by atomic mass is 11.0. The molecule has 0 aromatic rings. The summed E-state index contributed by atoms with van der Waals surface area (Å²) < 4.78 is 0. The Labute approximate surface area is 49.5 Å². The summed E-state index contributed by atoms with van der Waals surface area (Å²) >= 11 is 0. The fourth-order valence-electron chi connectivity index (χ4n) is 0.252. The van der Waals surface area contributed by atoms with Crippen molar-refractivity contribution in [2.24, 2.45) is 5.10 Å². The van der Waals surface area contributed by atoms with E-state index in [2.05, 4.69) is 16.2 Å². The minimum Gasteiger partial charge on any atom is -0.281 e. The zero-order chi connectivity index (χ0) is 6.41. The van der Waals surface area contributed by atoms with Crippen molar-refractivity contribution in [3.05, 3.63) is 0 Å². The van der Waals surface area contributed by atoms with Crippen LogP contribution in [-0.4, -0.2) is 18.4 Å². The fourth-order valence-corrected chi connectivity index (χ4v) is 0.252. The molecule has 1 aliphatic rings. The van der Waals surface area contributed by atoms with Gasteiger partial charge in [0.05, 0.1) is 0 Å². The van der Waals surface area contributed by atoms with Gasteiger partial charge in [-0.15, -0.1) is 5.53 Å². The average Bonchev–Trinajstić information content (AvgIpc) is 2.24. The molecule has 0 aliphatic carbocycles. The third-order valence-corrected chi connectivity index (χ3v) is 0.522. The molecule has 0 bridgehead atoms. The van der Waals surface area contributed by atoms with E-state index in [4.69, 9.17) is 0 Å². The van der Waals surface area contributed by atoms with Crippen LogP contribution in [0.2, 0.25) is 0 Å². The Kier molecular flexibility index (Phi) is 3.97. The van der Waals surface area contributed by atoms with Gasteiger partial charge >= 0.3 is 0 Å². The average molecular weight is 116 g/mol. The van der Waals surface area contributed by atoms with Gasteiger partial charge in [-0.3, -0.25) is 5.01 Å². The van der Waals surface area contributed by atoms with Gasteiger partial charge in [0.1, 0.15) is 6.34 Å². The molecule has 4 nitrogen and oxygen atoms in total. The van der Waals surface area contributed by atoms with Crippen molar-refractivity contribution >= 4 is 6.34 Å². The van der Waals surface area contributed by atoms with Gasteiger partial charge in [-0.1, -0.05) is 13.8 Å². The number of hydrazine groups is 2. The maximum Gasteiger partial charge on any atom is 0.128 e. The van der Waals surface area contributed by atoms with E-state index in [1.54, 1.807) is 11.3 Å². The highest BCUT2D eigenvalue weighted by Crippen LogP contribution is 1.68. The Morgan fingerprint density at radius 1 is 1.50 bits per heavy atom. The van der Waals surface area contributed by atoms with Crippen molar-refractivity contribution in [3.63, 3.8) is 0 Å². The van der Waals surface area contributed by atoms with Gasteiger partial charge in [-0.05, 0) is 0 Å². The van der Waals surface area contributed by atoms with E-state index in [1.165, 1.54) is 0 Å². The van der Waals surface area contributed by atoms with E-state index in [1.807, 2.05) is 20.9 Å². The highest BCUT2D eigenvalue weighted by molar-refractivity contribution is 5.54. The molecule has 0 amide bonds. The quantitative estimate of drug-likeness (QED) is 0.464. The summed E-state index contributed by atoms with van der Waals surface area (Å²) in [5.74, 6) is 0. The molecule has 8 heavy (non-hydrogen) atoms. The Bertz CT molecular complexity index is 70.4. The molecule has 0 aromatic heterocycles. The first-order valence-electron chi connectivity index (χ1n) is 2.66. The SMILES string of the molecule is CC.CN1C=NNN1. The molecular weight excluding hydrogens is 104 g/mol. The van der Waals surface area contributed by atoms with Crippen LogP contribution in [0.15, 0.2) is 5.10 Å². The molecule has 1 rings (SSSR count). The molecule has 0 atom stereocenters. The van der Waals surface area contributed by atoms with Gasteiger partial charge < -0.3 is 0 Å². The maximum atomic E-state index is 3.60. The predicted octanol–water partition coefficient (Wildman–Crippen LogP) is -0.0895. The first-order chi connectivity index (χ1) is 3.89. The van der Waals surface area contributed by atoms with Crippen LogP contribution in [-0.2, 0) is 0 Å². The molecule has 0 radical (unpaired) electrons. The Morgan fingerprint density at radius 2 is 2.12 bits per heavy atom. The Hall–Kier alpha value is -0.770. The lowest BCUT2D eigenvalue weighted by Crippen LogP contribution is -2.33. The van der Waals surface area contributed by atoms with Gasteiger partial charge in [0.25, 0.3) is 0 Å². The first-order valence-corrected chi connectivity index (χ1v) is 2.66.